The fraction of sp³-hybridized carbons (Fsp3) is 0. The molecule has 0 nitrogen and oxygen atoms in total. The second kappa shape index (κ2) is 32.5. The van der Waals surface area contributed by atoms with Gasteiger partial charge in [-0.1, -0.05) is 0 Å². The van der Waals surface area contributed by atoms with Gasteiger partial charge in [0.25, 0.3) is 0 Å². The predicted molar refractivity (Wildman–Crippen MR) is 66.3 cm³/mol. The third kappa shape index (κ3) is 71.6. The topological polar surface area (TPSA) is 0 Å². The number of hydrogen-bond donors (Lipinski definition) is 0. The van der Waals surface area contributed by atoms with Crippen molar-refractivity contribution in [3.05, 3.63) is 0 Å². The molecule has 0 bridgehead atoms. The van der Waals surface area contributed by atoms with Crippen LogP contribution in [-0.2, 0) is 93.8 Å². The van der Waals surface area contributed by atoms with Gasteiger partial charge in [0.15, 0.2) is 0 Å². The monoisotopic (exact) mass is 288 g/mol. The van der Waals surface area contributed by atoms with Gasteiger partial charge in [-0.2, -0.15) is 0 Å². The summed E-state index contributed by atoms with van der Waals surface area (Å²) < 4.78 is 0. The second-order valence-corrected chi connectivity index (χ2v) is 5.51. The normalized spacial score (nSPS) is 4.00. The van der Waals surface area contributed by atoms with Crippen molar-refractivity contribution < 1.29 is 0 Å². The van der Waals surface area contributed by atoms with Gasteiger partial charge in [-0.3, -0.25) is 0 Å². The minimum Gasteiger partial charge on any atom is 0 e. The molecule has 0 aromatic heterocycles. The molecule has 0 heterocycles. The molecular weight excluding hydrogens is 289 g/mol. The molecule has 0 spiro atoms. The lowest BCUT2D eigenvalue weighted by atomic mass is 30.9. The van der Waals surface area contributed by atoms with E-state index in [4.69, 9.17) is 0 Å². The molecule has 0 saturated heterocycles. The third-order valence-corrected chi connectivity index (χ3v) is 2.25. The molecule has 0 amide bonds. The van der Waals surface area contributed by atoms with Crippen molar-refractivity contribution >= 4 is 93.8 Å². The van der Waals surface area contributed by atoms with E-state index in [0.717, 1.165) is 8.88 Å². The molecule has 54 valence electrons. The van der Waals surface area contributed by atoms with E-state index in [-0.39, 0.29) is 0 Å². The maximum Gasteiger partial charge on any atom is 0 e. The zero-order valence-corrected chi connectivity index (χ0v) is 11.0. The maximum absolute atomic E-state index is 4.33. The quantitative estimate of drug-likeness (QED) is 0.610. The molecule has 0 aromatic rings. The molecule has 0 N–H and O–H groups in total. The summed E-state index contributed by atoms with van der Waals surface area (Å²) in [7, 11) is 3.26. The first-order valence-corrected chi connectivity index (χ1v) is 9.00. The summed E-state index contributed by atoms with van der Waals surface area (Å²) in [5.74, 6) is 0. The Morgan fingerprint density at radius 1 is 0.667 bits per heavy atom. The second-order valence-electron chi connectivity index (χ2n) is 0.204. The first kappa shape index (κ1) is 17.2. The van der Waals surface area contributed by atoms with Crippen molar-refractivity contribution in [1.29, 1.82) is 0 Å². The molecule has 9 heavy (non-hydrogen) atoms. The number of rotatable bonds is 0. The van der Waals surface area contributed by atoms with Crippen molar-refractivity contribution in [1.82, 2.24) is 0 Å². The first-order valence-electron chi connectivity index (χ1n) is 1.00. The fourth-order valence-electron chi connectivity index (χ4n) is 0. The van der Waals surface area contributed by atoms with Crippen molar-refractivity contribution in [2.75, 3.05) is 0 Å². The Kier molecular flexibility index (Phi) is 61.9. The summed E-state index contributed by atoms with van der Waals surface area (Å²) in [6.07, 6.45) is 0. The van der Waals surface area contributed by atoms with Crippen LogP contribution in [0.5, 0.6) is 0 Å². The summed E-state index contributed by atoms with van der Waals surface area (Å²) in [4.78, 5) is 0. The Morgan fingerprint density at radius 2 is 0.778 bits per heavy atom. The Labute approximate surface area is 92.4 Å². The molecule has 0 aromatic carbocycles. The van der Waals surface area contributed by atoms with Gasteiger partial charge in [-0.25, -0.2) is 0 Å². The zero-order chi connectivity index (χ0) is 8.12. The van der Waals surface area contributed by atoms with E-state index in [2.05, 4.69) is 67.1 Å². The highest BCUT2D eigenvalue weighted by atomic mass is 33.2. The summed E-state index contributed by atoms with van der Waals surface area (Å²) in [5.41, 5.74) is 0. The smallest absolute Gasteiger partial charge is 0 e. The molecule has 0 fully saturated rings. The van der Waals surface area contributed by atoms with Gasteiger partial charge < -0.3 is 0 Å². The van der Waals surface area contributed by atoms with Gasteiger partial charge in [-0.05, 0) is 0 Å². The molecule has 0 aliphatic rings. The van der Waals surface area contributed by atoms with E-state index in [1.807, 2.05) is 0 Å². The van der Waals surface area contributed by atoms with Crippen LogP contribution in [0.2, 0.25) is 0 Å². The molecule has 0 unspecified atom stereocenters. The Balaban J connectivity index is -0.0000000646. The molecule has 0 aliphatic heterocycles. The standard InChI is InChI=1S/S4.S3.S2/c1-3-4-2;1-3-2;1-2. The van der Waals surface area contributed by atoms with Crippen LogP contribution in [0.25, 0.3) is 0 Å². The van der Waals surface area contributed by atoms with E-state index in [1.54, 1.807) is 0 Å². The van der Waals surface area contributed by atoms with Crippen molar-refractivity contribution in [3.63, 3.8) is 0 Å². The Morgan fingerprint density at radius 3 is 0.778 bits per heavy atom. The molecule has 0 rings (SSSR count). The van der Waals surface area contributed by atoms with Gasteiger partial charge in [0, 0.05) is 93.8 Å². The van der Waals surface area contributed by atoms with Crippen LogP contribution in [0.1, 0.15) is 0 Å². The molecule has 0 saturated carbocycles. The summed E-state index contributed by atoms with van der Waals surface area (Å²) in [6.45, 7) is 0. The summed E-state index contributed by atoms with van der Waals surface area (Å²) >= 11 is 24.2. The van der Waals surface area contributed by atoms with E-state index in [9.17, 15) is 0 Å². The lowest BCUT2D eigenvalue weighted by Gasteiger charge is -1.14. The predicted octanol–water partition coefficient (Wildman–Crippen LogP) is -0.0216. The van der Waals surface area contributed by atoms with E-state index < -0.39 is 0 Å². The first-order chi connectivity index (χ1) is 4.33. The summed E-state index contributed by atoms with van der Waals surface area (Å²) in [5, 5.41) is 0. The van der Waals surface area contributed by atoms with Gasteiger partial charge in [-0.15, -0.1) is 0 Å². The highest BCUT2D eigenvalue weighted by molar-refractivity contribution is 8.51. The molecule has 0 atom stereocenters. The zero-order valence-electron chi connectivity index (χ0n) is 3.67. The van der Waals surface area contributed by atoms with Gasteiger partial charge in [0.1, 0.15) is 0 Å². The average Bonchev–Trinajstić information content (AvgIpc) is 1.94. The van der Waals surface area contributed by atoms with E-state index >= 15 is 0 Å². The van der Waals surface area contributed by atoms with Crippen LogP contribution in [0.15, 0.2) is 0 Å². The Hall–Kier alpha value is 1.98. The van der Waals surface area contributed by atoms with Gasteiger partial charge in [0.05, 0.1) is 0 Å². The lowest BCUT2D eigenvalue weighted by Crippen LogP contribution is -1.15. The molecular formula is S9. The van der Waals surface area contributed by atoms with Crippen molar-refractivity contribution in [3.8, 4) is 0 Å². The molecule has 0 aliphatic carbocycles. The molecule has 0 radical (unpaired) electrons. The van der Waals surface area contributed by atoms with Crippen molar-refractivity contribution in [2.45, 2.75) is 0 Å². The van der Waals surface area contributed by atoms with Crippen LogP contribution in [0.4, 0.5) is 0 Å². The van der Waals surface area contributed by atoms with E-state index in [0.29, 0.717) is 0 Å². The van der Waals surface area contributed by atoms with Gasteiger partial charge >= 0.3 is 0 Å². The molecule has 9 heteroatoms. The Bertz CT molecular complexity index is 114. The minimum atomic E-state index is 0.917. The van der Waals surface area contributed by atoms with Crippen LogP contribution >= 0.6 is 0 Å². The number of hydrogen-bond acceptors (Lipinski definition) is 6. The average molecular weight is 289 g/mol. The van der Waals surface area contributed by atoms with Crippen LogP contribution in [0.3, 0.4) is 0 Å². The fourth-order valence-corrected chi connectivity index (χ4v) is 0. The SMILES string of the molecule is S=S.S=S=S.S=S=S=S. The van der Waals surface area contributed by atoms with Crippen LogP contribution < -0.4 is 0 Å². The van der Waals surface area contributed by atoms with Gasteiger partial charge in [0.2, 0.25) is 0 Å². The highest BCUT2D eigenvalue weighted by Crippen LogP contribution is 1.14. The largest absolute Gasteiger partial charge is 0 e. The highest BCUT2D eigenvalue weighted by Gasteiger charge is 1.15. The minimum absolute atomic E-state index is 0.917. The van der Waals surface area contributed by atoms with E-state index in [1.165, 1.54) is 17.8 Å². The van der Waals surface area contributed by atoms with Crippen molar-refractivity contribution in [2.24, 2.45) is 0 Å². The summed E-state index contributed by atoms with van der Waals surface area (Å²) in [6, 6.07) is 0. The lowest BCUT2D eigenvalue weighted by molar-refractivity contribution is 6.22. The van der Waals surface area contributed by atoms with Crippen LogP contribution in [0, 0.1) is 0 Å². The third-order valence-electron chi connectivity index (χ3n) is 0.0278. The maximum atomic E-state index is 4.33. The van der Waals surface area contributed by atoms with Crippen LogP contribution in [-0.4, -0.2) is 0 Å².